The molecule has 2 aromatic carbocycles. The normalized spacial score (nSPS) is 11.0. The number of nitrogens with zero attached hydrogens (tertiary/aromatic N) is 1. The second-order valence-corrected chi connectivity index (χ2v) is 6.28. The molecule has 144 valence electrons. The molecule has 2 rings (SSSR count). The Morgan fingerprint density at radius 2 is 1.70 bits per heavy atom. The number of carbonyl (C=O) groups excluding carboxylic acids is 2. The Morgan fingerprint density at radius 3 is 2.22 bits per heavy atom. The van der Waals surface area contributed by atoms with Crippen molar-refractivity contribution in [1.82, 2.24) is 4.90 Å². The van der Waals surface area contributed by atoms with Gasteiger partial charge in [0, 0.05) is 25.3 Å². The van der Waals surface area contributed by atoms with Crippen molar-refractivity contribution >= 4 is 34.8 Å². The third-order valence-electron chi connectivity index (χ3n) is 3.56. The van der Waals surface area contributed by atoms with Crippen molar-refractivity contribution in [3.05, 3.63) is 58.6 Å². The average Bonchev–Trinajstić information content (AvgIpc) is 2.59. The SMILES string of the molecule is CN(C)C(=O)c1ccc(NC(=O)CNc2ccc(C(F)(F)F)cc2Cl)cc1. The van der Waals surface area contributed by atoms with E-state index in [4.69, 9.17) is 11.6 Å². The van der Waals surface area contributed by atoms with Crippen molar-refractivity contribution in [2.75, 3.05) is 31.3 Å². The van der Waals surface area contributed by atoms with Gasteiger partial charge in [0.25, 0.3) is 5.91 Å². The van der Waals surface area contributed by atoms with Gasteiger partial charge in [-0.1, -0.05) is 11.6 Å². The average molecular weight is 400 g/mol. The first-order chi connectivity index (χ1) is 12.6. The summed E-state index contributed by atoms with van der Waals surface area (Å²) in [5, 5.41) is 5.16. The zero-order valence-electron chi connectivity index (χ0n) is 14.5. The van der Waals surface area contributed by atoms with Gasteiger partial charge >= 0.3 is 6.18 Å². The molecule has 0 aliphatic rings. The molecule has 0 aliphatic carbocycles. The van der Waals surface area contributed by atoms with Crippen LogP contribution in [0.25, 0.3) is 0 Å². The minimum absolute atomic E-state index is 0.135. The van der Waals surface area contributed by atoms with Gasteiger partial charge in [0.1, 0.15) is 0 Å². The van der Waals surface area contributed by atoms with Crippen molar-refractivity contribution in [3.63, 3.8) is 0 Å². The molecule has 2 aromatic rings. The minimum Gasteiger partial charge on any atom is -0.375 e. The van der Waals surface area contributed by atoms with Crippen molar-refractivity contribution in [2.45, 2.75) is 6.18 Å². The van der Waals surface area contributed by atoms with Gasteiger partial charge in [-0.25, -0.2) is 0 Å². The standard InChI is InChI=1S/C18H17ClF3N3O2/c1-25(2)17(27)11-3-6-13(7-4-11)24-16(26)10-23-15-8-5-12(9-14(15)19)18(20,21)22/h3-9,23H,10H2,1-2H3,(H,24,26). The summed E-state index contributed by atoms with van der Waals surface area (Å²) in [6, 6.07) is 9.17. The van der Waals surface area contributed by atoms with E-state index in [0.29, 0.717) is 11.3 Å². The molecule has 0 unspecified atom stereocenters. The number of amides is 2. The molecule has 0 atom stereocenters. The molecule has 0 radical (unpaired) electrons. The van der Waals surface area contributed by atoms with Crippen LogP contribution in [0.5, 0.6) is 0 Å². The second kappa shape index (κ2) is 8.30. The van der Waals surface area contributed by atoms with Crippen LogP contribution in [0.2, 0.25) is 5.02 Å². The number of anilines is 2. The van der Waals surface area contributed by atoms with Crippen LogP contribution in [0, 0.1) is 0 Å². The first-order valence-corrected chi connectivity index (χ1v) is 8.18. The Balaban J connectivity index is 1.94. The lowest BCUT2D eigenvalue weighted by Gasteiger charge is -2.12. The monoisotopic (exact) mass is 399 g/mol. The van der Waals surface area contributed by atoms with Gasteiger partial charge in [-0.15, -0.1) is 0 Å². The molecule has 2 amide bonds. The molecule has 5 nitrogen and oxygen atoms in total. The van der Waals surface area contributed by atoms with E-state index in [0.717, 1.165) is 12.1 Å². The van der Waals surface area contributed by atoms with Gasteiger partial charge in [-0.3, -0.25) is 9.59 Å². The molecule has 0 heterocycles. The first kappa shape index (κ1) is 20.6. The Morgan fingerprint density at radius 1 is 1.07 bits per heavy atom. The number of rotatable bonds is 5. The van der Waals surface area contributed by atoms with Gasteiger partial charge in [-0.2, -0.15) is 13.2 Å². The number of halogens is 4. The highest BCUT2D eigenvalue weighted by molar-refractivity contribution is 6.33. The van der Waals surface area contributed by atoms with Crippen LogP contribution in [-0.2, 0) is 11.0 Å². The van der Waals surface area contributed by atoms with Crippen molar-refractivity contribution < 1.29 is 22.8 Å². The summed E-state index contributed by atoms with van der Waals surface area (Å²) in [4.78, 5) is 25.2. The number of benzene rings is 2. The largest absolute Gasteiger partial charge is 0.416 e. The van der Waals surface area contributed by atoms with Crippen molar-refractivity contribution in [1.29, 1.82) is 0 Å². The highest BCUT2D eigenvalue weighted by atomic mass is 35.5. The predicted octanol–water partition coefficient (Wildman–Crippen LogP) is 4.11. The van der Waals surface area contributed by atoms with Crippen LogP contribution in [0.1, 0.15) is 15.9 Å². The Hall–Kier alpha value is -2.74. The molecule has 0 spiro atoms. The minimum atomic E-state index is -4.49. The molecule has 0 fully saturated rings. The molecule has 0 aromatic heterocycles. The molecular formula is C18H17ClF3N3O2. The van der Waals surface area contributed by atoms with Crippen molar-refractivity contribution in [3.8, 4) is 0 Å². The molecular weight excluding hydrogens is 383 g/mol. The summed E-state index contributed by atoms with van der Waals surface area (Å²) in [7, 11) is 3.27. The summed E-state index contributed by atoms with van der Waals surface area (Å²) < 4.78 is 37.8. The smallest absolute Gasteiger partial charge is 0.375 e. The van der Waals surface area contributed by atoms with Gasteiger partial charge < -0.3 is 15.5 Å². The number of nitrogens with one attached hydrogen (secondary N) is 2. The van der Waals surface area contributed by atoms with E-state index in [-0.39, 0.29) is 23.2 Å². The summed E-state index contributed by atoms with van der Waals surface area (Å²) in [6.07, 6.45) is -4.49. The second-order valence-electron chi connectivity index (χ2n) is 5.87. The lowest BCUT2D eigenvalue weighted by molar-refractivity contribution is -0.137. The fraction of sp³-hybridized carbons (Fsp3) is 0.222. The third kappa shape index (κ3) is 5.62. The van der Waals surface area contributed by atoms with Gasteiger partial charge in [0.15, 0.2) is 0 Å². The first-order valence-electron chi connectivity index (χ1n) is 7.80. The third-order valence-corrected chi connectivity index (χ3v) is 3.87. The maximum Gasteiger partial charge on any atom is 0.416 e. The molecule has 0 aliphatic heterocycles. The van der Waals surface area contributed by atoms with Gasteiger partial charge in [-0.05, 0) is 42.5 Å². The summed E-state index contributed by atoms with van der Waals surface area (Å²) in [6.45, 7) is -0.191. The summed E-state index contributed by atoms with van der Waals surface area (Å²) >= 11 is 5.82. The van der Waals surface area contributed by atoms with E-state index in [1.165, 1.54) is 11.0 Å². The van der Waals surface area contributed by atoms with Gasteiger partial charge in [0.2, 0.25) is 5.91 Å². The van der Waals surface area contributed by atoms with Crippen LogP contribution >= 0.6 is 11.6 Å². The highest BCUT2D eigenvalue weighted by Crippen LogP contribution is 2.33. The van der Waals surface area contributed by atoms with Crippen LogP contribution in [0.3, 0.4) is 0 Å². The molecule has 0 saturated heterocycles. The lowest BCUT2D eigenvalue weighted by atomic mass is 10.2. The molecule has 27 heavy (non-hydrogen) atoms. The number of alkyl halides is 3. The summed E-state index contributed by atoms with van der Waals surface area (Å²) in [5.41, 5.74) is 0.310. The fourth-order valence-electron chi connectivity index (χ4n) is 2.17. The van der Waals surface area contributed by atoms with E-state index in [2.05, 4.69) is 10.6 Å². The fourth-order valence-corrected chi connectivity index (χ4v) is 2.42. The van der Waals surface area contributed by atoms with E-state index in [1.54, 1.807) is 38.4 Å². The molecule has 0 saturated carbocycles. The lowest BCUT2D eigenvalue weighted by Crippen LogP contribution is -2.23. The Kier molecular flexibility index (Phi) is 6.32. The van der Waals surface area contributed by atoms with Crippen LogP contribution in [0.15, 0.2) is 42.5 Å². The van der Waals surface area contributed by atoms with Crippen molar-refractivity contribution in [2.24, 2.45) is 0 Å². The number of carbonyl (C=O) groups is 2. The van der Waals surface area contributed by atoms with Gasteiger partial charge in [0.05, 0.1) is 22.8 Å². The zero-order valence-corrected chi connectivity index (χ0v) is 15.3. The number of hydrogen-bond donors (Lipinski definition) is 2. The number of hydrogen-bond acceptors (Lipinski definition) is 3. The quantitative estimate of drug-likeness (QED) is 0.795. The predicted molar refractivity (Wildman–Crippen MR) is 98.0 cm³/mol. The van der Waals surface area contributed by atoms with Crippen LogP contribution < -0.4 is 10.6 Å². The van der Waals surface area contributed by atoms with E-state index < -0.39 is 17.6 Å². The van der Waals surface area contributed by atoms with Crippen LogP contribution in [-0.4, -0.2) is 37.4 Å². The summed E-state index contributed by atoms with van der Waals surface area (Å²) in [5.74, 6) is -0.580. The zero-order chi connectivity index (χ0) is 20.2. The Labute approximate surface area is 159 Å². The Bertz CT molecular complexity index is 837. The molecule has 2 N–H and O–H groups in total. The van der Waals surface area contributed by atoms with E-state index >= 15 is 0 Å². The highest BCUT2D eigenvalue weighted by Gasteiger charge is 2.30. The van der Waals surface area contributed by atoms with Crippen LogP contribution in [0.4, 0.5) is 24.5 Å². The maximum absolute atomic E-state index is 12.6. The maximum atomic E-state index is 12.6. The molecule has 9 heteroatoms. The topological polar surface area (TPSA) is 61.4 Å². The van der Waals surface area contributed by atoms with E-state index in [9.17, 15) is 22.8 Å². The van der Waals surface area contributed by atoms with E-state index in [1.807, 2.05) is 0 Å². The molecule has 0 bridgehead atoms.